The van der Waals surface area contributed by atoms with Crippen LogP contribution in [0, 0.1) is 10.1 Å². The Morgan fingerprint density at radius 2 is 1.70 bits per heavy atom. The van der Waals surface area contributed by atoms with E-state index in [1.165, 1.54) is 16.8 Å². The topological polar surface area (TPSA) is 118 Å². The molecule has 190 valence electrons. The van der Waals surface area contributed by atoms with Crippen LogP contribution in [0.5, 0.6) is 17.2 Å². The monoisotopic (exact) mass is 502 g/mol. The van der Waals surface area contributed by atoms with Crippen LogP contribution in [0.25, 0.3) is 16.9 Å². The molecule has 4 aromatic rings. The molecule has 37 heavy (non-hydrogen) atoms. The van der Waals surface area contributed by atoms with E-state index in [0.29, 0.717) is 41.6 Å². The lowest BCUT2D eigenvalue weighted by molar-refractivity contribution is -0.384. The first kappa shape index (κ1) is 25.2. The van der Waals surface area contributed by atoms with Gasteiger partial charge in [-0.3, -0.25) is 14.9 Å². The lowest BCUT2D eigenvalue weighted by Crippen LogP contribution is -2.27. The van der Waals surface area contributed by atoms with Crippen LogP contribution in [0.15, 0.2) is 72.8 Å². The number of nitrogens with one attached hydrogen (secondary N) is 1. The highest BCUT2D eigenvalue weighted by molar-refractivity contribution is 5.94. The molecule has 0 aliphatic heterocycles. The first-order valence-corrected chi connectivity index (χ1v) is 11.4. The Morgan fingerprint density at radius 1 is 0.946 bits per heavy atom. The summed E-state index contributed by atoms with van der Waals surface area (Å²) in [7, 11) is 4.72. The second-order valence-corrected chi connectivity index (χ2v) is 8.03. The largest absolute Gasteiger partial charge is 0.497 e. The van der Waals surface area contributed by atoms with Crippen molar-refractivity contribution in [1.82, 2.24) is 15.1 Å². The van der Waals surface area contributed by atoms with Gasteiger partial charge >= 0.3 is 0 Å². The maximum absolute atomic E-state index is 13.2. The molecule has 0 unspecified atom stereocenters. The Hall–Kier alpha value is -4.86. The average molecular weight is 503 g/mol. The molecule has 0 bridgehead atoms. The fraction of sp³-hybridized carbons (Fsp3) is 0.185. The number of hydrogen-bond donors (Lipinski definition) is 1. The summed E-state index contributed by atoms with van der Waals surface area (Å²) in [5.41, 5.74) is 2.82. The van der Waals surface area contributed by atoms with E-state index in [9.17, 15) is 14.9 Å². The molecule has 0 fully saturated rings. The molecular weight excluding hydrogens is 476 g/mol. The first-order chi connectivity index (χ1) is 17.9. The van der Waals surface area contributed by atoms with Gasteiger partial charge in [0.15, 0.2) is 11.5 Å². The summed E-state index contributed by atoms with van der Waals surface area (Å²) in [6.45, 7) is 0.353. The van der Waals surface area contributed by atoms with Gasteiger partial charge in [-0.1, -0.05) is 12.1 Å². The number of nitro benzene ring substituents is 1. The van der Waals surface area contributed by atoms with Gasteiger partial charge in [-0.2, -0.15) is 5.10 Å². The zero-order chi connectivity index (χ0) is 26.4. The number of rotatable bonds is 10. The van der Waals surface area contributed by atoms with Gasteiger partial charge in [0, 0.05) is 24.2 Å². The number of ether oxygens (including phenoxy) is 3. The zero-order valence-electron chi connectivity index (χ0n) is 20.6. The van der Waals surface area contributed by atoms with Crippen molar-refractivity contribution < 1.29 is 23.9 Å². The molecule has 0 saturated heterocycles. The van der Waals surface area contributed by atoms with Crippen LogP contribution >= 0.6 is 0 Å². The van der Waals surface area contributed by atoms with Crippen molar-refractivity contribution in [3.05, 3.63) is 94.2 Å². The molecule has 1 heterocycles. The Labute approximate surface area is 213 Å². The highest BCUT2D eigenvalue weighted by atomic mass is 16.6. The summed E-state index contributed by atoms with van der Waals surface area (Å²) in [5.74, 6) is 1.57. The highest BCUT2D eigenvalue weighted by Gasteiger charge is 2.19. The number of methoxy groups -OCH3 is 3. The van der Waals surface area contributed by atoms with Gasteiger partial charge in [0.25, 0.3) is 11.6 Å². The van der Waals surface area contributed by atoms with Gasteiger partial charge in [-0.05, 0) is 60.5 Å². The fourth-order valence-electron chi connectivity index (χ4n) is 3.83. The van der Waals surface area contributed by atoms with E-state index in [-0.39, 0.29) is 17.3 Å². The van der Waals surface area contributed by atoms with Crippen molar-refractivity contribution in [3.8, 4) is 34.2 Å². The minimum absolute atomic E-state index is 0.0983. The van der Waals surface area contributed by atoms with Crippen LogP contribution in [0.4, 0.5) is 5.69 Å². The third kappa shape index (κ3) is 5.69. The number of carbonyl (C=O) groups excluding carboxylic acids is 1. The minimum atomic E-state index is -0.486. The number of hydrogen-bond acceptors (Lipinski definition) is 7. The number of benzene rings is 3. The molecule has 10 nitrogen and oxygen atoms in total. The van der Waals surface area contributed by atoms with E-state index < -0.39 is 4.92 Å². The van der Waals surface area contributed by atoms with Crippen molar-refractivity contribution in [2.45, 2.75) is 6.42 Å². The van der Waals surface area contributed by atoms with Crippen molar-refractivity contribution in [1.29, 1.82) is 0 Å². The SMILES string of the molecule is COc1ccc(-c2cc(C(=O)NCCc3ccc(OC)c(OC)c3)n(-c3cccc([N+](=O)[O-])c3)n2)cc1. The predicted molar refractivity (Wildman–Crippen MR) is 138 cm³/mol. The summed E-state index contributed by atoms with van der Waals surface area (Å²) in [6.07, 6.45) is 0.558. The van der Waals surface area contributed by atoms with Crippen LogP contribution in [-0.2, 0) is 6.42 Å². The second kappa shape index (κ2) is 11.3. The van der Waals surface area contributed by atoms with E-state index >= 15 is 0 Å². The van der Waals surface area contributed by atoms with E-state index in [0.717, 1.165) is 11.1 Å². The molecule has 1 N–H and O–H groups in total. The lowest BCUT2D eigenvalue weighted by Gasteiger charge is -2.11. The third-order valence-electron chi connectivity index (χ3n) is 5.76. The Bertz CT molecular complexity index is 1410. The Balaban J connectivity index is 1.60. The predicted octanol–water partition coefficient (Wildman–Crippen LogP) is 4.45. The average Bonchev–Trinajstić information content (AvgIpc) is 3.39. The third-order valence-corrected chi connectivity index (χ3v) is 5.76. The summed E-state index contributed by atoms with van der Waals surface area (Å²) in [5, 5.41) is 18.8. The molecule has 0 atom stereocenters. The molecule has 0 aliphatic carbocycles. The maximum atomic E-state index is 13.2. The van der Waals surface area contributed by atoms with Gasteiger partial charge in [-0.15, -0.1) is 0 Å². The number of non-ortho nitro benzene ring substituents is 1. The summed E-state index contributed by atoms with van der Waals surface area (Å²) >= 11 is 0. The summed E-state index contributed by atoms with van der Waals surface area (Å²) in [4.78, 5) is 24.1. The second-order valence-electron chi connectivity index (χ2n) is 8.03. The van der Waals surface area contributed by atoms with E-state index in [2.05, 4.69) is 10.4 Å². The molecular formula is C27H26N4O6. The van der Waals surface area contributed by atoms with Gasteiger partial charge in [-0.25, -0.2) is 4.68 Å². The van der Waals surface area contributed by atoms with Crippen LogP contribution in [0.2, 0.25) is 0 Å². The van der Waals surface area contributed by atoms with Crippen LogP contribution in [-0.4, -0.2) is 48.5 Å². The normalized spacial score (nSPS) is 10.6. The van der Waals surface area contributed by atoms with E-state index in [1.807, 2.05) is 30.3 Å². The quantitative estimate of drug-likeness (QED) is 0.251. The fourth-order valence-corrected chi connectivity index (χ4v) is 3.83. The van der Waals surface area contributed by atoms with Crippen molar-refractivity contribution >= 4 is 11.6 Å². The summed E-state index contributed by atoms with van der Waals surface area (Å²) < 4.78 is 17.2. The minimum Gasteiger partial charge on any atom is -0.497 e. The van der Waals surface area contributed by atoms with Gasteiger partial charge in [0.2, 0.25) is 0 Å². The highest BCUT2D eigenvalue weighted by Crippen LogP contribution is 2.28. The van der Waals surface area contributed by atoms with Gasteiger partial charge < -0.3 is 19.5 Å². The molecule has 4 rings (SSSR count). The Kier molecular flexibility index (Phi) is 7.68. The molecule has 1 aromatic heterocycles. The molecule has 10 heteroatoms. The standard InChI is InChI=1S/C27H26N4O6/c1-35-22-10-8-19(9-11-22)23-17-24(30(29-23)20-5-4-6-21(16-20)31(33)34)27(32)28-14-13-18-7-12-25(36-2)26(15-18)37-3/h4-12,15-17H,13-14H2,1-3H3,(H,28,32). The van der Waals surface area contributed by atoms with Gasteiger partial charge in [0.05, 0.1) is 37.6 Å². The molecule has 0 radical (unpaired) electrons. The molecule has 0 spiro atoms. The van der Waals surface area contributed by atoms with Crippen molar-refractivity contribution in [3.63, 3.8) is 0 Å². The number of nitrogens with zero attached hydrogens (tertiary/aromatic N) is 3. The first-order valence-electron chi connectivity index (χ1n) is 11.4. The van der Waals surface area contributed by atoms with Crippen molar-refractivity contribution in [2.24, 2.45) is 0 Å². The van der Waals surface area contributed by atoms with Gasteiger partial charge in [0.1, 0.15) is 11.4 Å². The molecule has 1 amide bonds. The van der Waals surface area contributed by atoms with Crippen LogP contribution < -0.4 is 19.5 Å². The molecule has 0 aliphatic rings. The van der Waals surface area contributed by atoms with E-state index in [4.69, 9.17) is 14.2 Å². The molecule has 0 saturated carbocycles. The van der Waals surface area contributed by atoms with Crippen LogP contribution in [0.1, 0.15) is 16.1 Å². The lowest BCUT2D eigenvalue weighted by atomic mass is 10.1. The van der Waals surface area contributed by atoms with Crippen LogP contribution in [0.3, 0.4) is 0 Å². The van der Waals surface area contributed by atoms with E-state index in [1.54, 1.807) is 51.7 Å². The number of carbonyl (C=O) groups is 1. The number of nitro groups is 1. The zero-order valence-corrected chi connectivity index (χ0v) is 20.6. The number of amides is 1. The smallest absolute Gasteiger partial charge is 0.271 e. The summed E-state index contributed by atoms with van der Waals surface area (Å²) in [6, 6.07) is 20.5. The maximum Gasteiger partial charge on any atom is 0.271 e. The van der Waals surface area contributed by atoms with Crippen molar-refractivity contribution in [2.75, 3.05) is 27.9 Å². The number of aromatic nitrogens is 2. The molecule has 3 aromatic carbocycles. The Morgan fingerprint density at radius 3 is 2.38 bits per heavy atom.